The number of fused-ring (bicyclic) bond motifs is 5. The minimum atomic E-state index is -0.0201. The lowest BCUT2D eigenvalue weighted by Gasteiger charge is -2.61. The summed E-state index contributed by atoms with van der Waals surface area (Å²) in [7, 11) is 0. The fraction of sp³-hybridized carbons (Fsp3) is 1.00. The normalized spacial score (nSPS) is 45.5. The lowest BCUT2D eigenvalue weighted by molar-refractivity contribution is -0.127. The molecule has 0 aliphatic heterocycles. The molecule has 4 aliphatic rings. The standard InChI is InChI=1S/C24H42O2.3CH4/c1-23-14-12-22-20(9-7-18-16-19(26)11-13-24(18,22)2)21(23)10-8-17(23)6-4-3-5-15-25;;;/h17-22,25-26H,3-16H2,1-2H3;3*1H4/t17-,18?,19-,20?,21?,22?,23+,24-;;;/m0.../s1. The SMILES string of the molecule is C.C.C.C[C@]12CC[C@H](O)CC1CCC1C2CC[C@@]2(C)C1CC[C@@H]2CCCCCO. The highest BCUT2D eigenvalue weighted by molar-refractivity contribution is 5.09. The molecule has 2 N–H and O–H groups in total. The minimum absolute atomic E-state index is 0. The molecule has 4 unspecified atom stereocenters. The number of aliphatic hydroxyl groups excluding tert-OH is 2. The maximum atomic E-state index is 10.2. The molecule has 0 aromatic rings. The molecule has 0 amide bonds. The summed E-state index contributed by atoms with van der Waals surface area (Å²) >= 11 is 0. The summed E-state index contributed by atoms with van der Waals surface area (Å²) in [5.74, 6) is 4.58. The van der Waals surface area contributed by atoms with E-state index >= 15 is 0 Å². The predicted molar refractivity (Wildman–Crippen MR) is 127 cm³/mol. The van der Waals surface area contributed by atoms with Crippen LogP contribution in [0, 0.1) is 40.4 Å². The van der Waals surface area contributed by atoms with Crippen molar-refractivity contribution in [2.75, 3.05) is 6.61 Å². The van der Waals surface area contributed by atoms with Crippen LogP contribution in [0.5, 0.6) is 0 Å². The predicted octanol–water partition coefficient (Wildman–Crippen LogP) is 7.47. The van der Waals surface area contributed by atoms with Gasteiger partial charge in [-0.25, -0.2) is 0 Å². The van der Waals surface area contributed by atoms with Gasteiger partial charge in [-0.2, -0.15) is 0 Å². The van der Waals surface area contributed by atoms with Crippen LogP contribution in [-0.4, -0.2) is 22.9 Å². The number of hydrogen-bond acceptors (Lipinski definition) is 2. The molecule has 0 heterocycles. The van der Waals surface area contributed by atoms with Crippen LogP contribution < -0.4 is 0 Å². The molecule has 0 spiro atoms. The van der Waals surface area contributed by atoms with Crippen molar-refractivity contribution in [1.29, 1.82) is 0 Å². The zero-order valence-corrected chi connectivity index (χ0v) is 17.3. The molecule has 4 rings (SSSR count). The van der Waals surface area contributed by atoms with Crippen LogP contribution in [0.2, 0.25) is 0 Å². The third kappa shape index (κ3) is 4.59. The second-order valence-electron chi connectivity index (χ2n) is 11.0. The van der Waals surface area contributed by atoms with Crippen molar-refractivity contribution in [3.05, 3.63) is 0 Å². The monoisotopic (exact) mass is 410 g/mol. The third-order valence-corrected chi connectivity index (χ3v) is 10.0. The summed E-state index contributed by atoms with van der Waals surface area (Å²) in [5.41, 5.74) is 1.11. The van der Waals surface area contributed by atoms with Gasteiger partial charge in [-0.05, 0) is 111 Å². The van der Waals surface area contributed by atoms with Crippen molar-refractivity contribution in [2.45, 2.75) is 126 Å². The molecule has 8 atom stereocenters. The summed E-state index contributed by atoms with van der Waals surface area (Å²) in [6.07, 6.45) is 17.0. The van der Waals surface area contributed by atoms with Crippen molar-refractivity contribution in [2.24, 2.45) is 40.4 Å². The Bertz CT molecular complexity index is 491. The van der Waals surface area contributed by atoms with Crippen molar-refractivity contribution in [1.82, 2.24) is 0 Å². The van der Waals surface area contributed by atoms with Gasteiger partial charge in [0.1, 0.15) is 0 Å². The van der Waals surface area contributed by atoms with Gasteiger partial charge in [0.05, 0.1) is 6.10 Å². The highest BCUT2D eigenvalue weighted by Crippen LogP contribution is 2.67. The van der Waals surface area contributed by atoms with E-state index in [-0.39, 0.29) is 28.4 Å². The molecule has 2 heteroatoms. The number of aliphatic hydroxyl groups is 2. The van der Waals surface area contributed by atoms with Gasteiger partial charge in [-0.3, -0.25) is 0 Å². The first-order chi connectivity index (χ1) is 12.5. The van der Waals surface area contributed by atoms with Crippen LogP contribution in [0.3, 0.4) is 0 Å². The molecule has 29 heavy (non-hydrogen) atoms. The Morgan fingerprint density at radius 1 is 0.759 bits per heavy atom. The molecule has 2 nitrogen and oxygen atoms in total. The number of rotatable bonds is 5. The lowest BCUT2D eigenvalue weighted by Crippen LogP contribution is -2.53. The first-order valence-electron chi connectivity index (χ1n) is 11.8. The Kier molecular flexibility index (Phi) is 9.75. The van der Waals surface area contributed by atoms with Gasteiger partial charge in [0.15, 0.2) is 0 Å². The maximum absolute atomic E-state index is 10.2. The Morgan fingerprint density at radius 2 is 1.45 bits per heavy atom. The molecule has 4 saturated carbocycles. The van der Waals surface area contributed by atoms with Gasteiger partial charge in [0.25, 0.3) is 0 Å². The molecule has 174 valence electrons. The van der Waals surface area contributed by atoms with E-state index in [1.54, 1.807) is 0 Å². The first kappa shape index (κ1) is 27.0. The van der Waals surface area contributed by atoms with E-state index in [1.165, 1.54) is 64.2 Å². The molecule has 0 saturated heterocycles. The minimum Gasteiger partial charge on any atom is -0.396 e. The largest absolute Gasteiger partial charge is 0.396 e. The first-order valence-corrected chi connectivity index (χ1v) is 11.8. The summed E-state index contributed by atoms with van der Waals surface area (Å²) in [4.78, 5) is 0. The van der Waals surface area contributed by atoms with E-state index in [0.29, 0.717) is 17.4 Å². The molecular weight excluding hydrogens is 356 g/mol. The Morgan fingerprint density at radius 3 is 2.17 bits per heavy atom. The zero-order valence-electron chi connectivity index (χ0n) is 17.3. The van der Waals surface area contributed by atoms with Gasteiger partial charge in [-0.1, -0.05) is 49.0 Å². The van der Waals surface area contributed by atoms with E-state index in [2.05, 4.69) is 13.8 Å². The van der Waals surface area contributed by atoms with Crippen molar-refractivity contribution in [3.63, 3.8) is 0 Å². The fourth-order valence-corrected chi connectivity index (χ4v) is 8.50. The van der Waals surface area contributed by atoms with E-state index in [1.807, 2.05) is 0 Å². The van der Waals surface area contributed by atoms with E-state index < -0.39 is 0 Å². The Labute approximate surface area is 183 Å². The number of hydrogen-bond donors (Lipinski definition) is 2. The molecule has 0 aromatic heterocycles. The topological polar surface area (TPSA) is 40.5 Å². The smallest absolute Gasteiger partial charge is 0.0543 e. The van der Waals surface area contributed by atoms with Crippen LogP contribution in [0.25, 0.3) is 0 Å². The molecule has 4 fully saturated rings. The number of unbranched alkanes of at least 4 members (excludes halogenated alkanes) is 2. The Hall–Kier alpha value is -0.0800. The quantitative estimate of drug-likeness (QED) is 0.461. The Balaban J connectivity index is 0.00000140. The summed E-state index contributed by atoms with van der Waals surface area (Å²) in [5, 5.41) is 19.2. The van der Waals surface area contributed by atoms with Gasteiger partial charge >= 0.3 is 0 Å². The van der Waals surface area contributed by atoms with E-state index in [0.717, 1.165) is 48.9 Å². The van der Waals surface area contributed by atoms with Crippen LogP contribution in [0.4, 0.5) is 0 Å². The van der Waals surface area contributed by atoms with Crippen molar-refractivity contribution >= 4 is 0 Å². The second kappa shape index (κ2) is 10.5. The van der Waals surface area contributed by atoms with Crippen LogP contribution >= 0.6 is 0 Å². The fourth-order valence-electron chi connectivity index (χ4n) is 8.50. The van der Waals surface area contributed by atoms with Crippen LogP contribution in [0.15, 0.2) is 0 Å². The summed E-state index contributed by atoms with van der Waals surface area (Å²) in [6.45, 7) is 5.61. The third-order valence-electron chi connectivity index (χ3n) is 10.0. The second-order valence-corrected chi connectivity index (χ2v) is 11.0. The molecule has 4 aliphatic carbocycles. The van der Waals surface area contributed by atoms with Crippen molar-refractivity contribution < 1.29 is 10.2 Å². The molecule has 0 radical (unpaired) electrons. The van der Waals surface area contributed by atoms with Crippen molar-refractivity contribution in [3.8, 4) is 0 Å². The van der Waals surface area contributed by atoms with Gasteiger partial charge in [0, 0.05) is 6.61 Å². The average molecular weight is 411 g/mol. The van der Waals surface area contributed by atoms with Crippen LogP contribution in [-0.2, 0) is 0 Å². The van der Waals surface area contributed by atoms with Gasteiger partial charge in [-0.15, -0.1) is 0 Å². The maximum Gasteiger partial charge on any atom is 0.0543 e. The van der Waals surface area contributed by atoms with Gasteiger partial charge in [0.2, 0.25) is 0 Å². The summed E-state index contributed by atoms with van der Waals surface area (Å²) in [6, 6.07) is 0. The van der Waals surface area contributed by atoms with Crippen LogP contribution in [0.1, 0.15) is 120 Å². The molecule has 0 bridgehead atoms. The molecular formula is C27H54O2. The zero-order chi connectivity index (χ0) is 18.4. The highest BCUT2D eigenvalue weighted by atomic mass is 16.3. The van der Waals surface area contributed by atoms with Gasteiger partial charge < -0.3 is 10.2 Å². The average Bonchev–Trinajstić information content (AvgIpc) is 2.96. The lowest BCUT2D eigenvalue weighted by atomic mass is 9.44. The van der Waals surface area contributed by atoms with E-state index in [9.17, 15) is 5.11 Å². The van der Waals surface area contributed by atoms with E-state index in [4.69, 9.17) is 5.11 Å². The summed E-state index contributed by atoms with van der Waals surface area (Å²) < 4.78 is 0. The highest BCUT2D eigenvalue weighted by Gasteiger charge is 2.59. The molecule has 0 aromatic carbocycles.